The molecule has 0 aromatic carbocycles. The average molecular weight is 154 g/mol. The van der Waals surface area contributed by atoms with Crippen molar-refractivity contribution in [3.8, 4) is 0 Å². The lowest BCUT2D eigenvalue weighted by molar-refractivity contribution is 0.0778. The molecule has 11 heavy (non-hydrogen) atoms. The van der Waals surface area contributed by atoms with Crippen LogP contribution in [0, 0.1) is 0 Å². The molecule has 2 unspecified atom stereocenters. The molecule has 2 nitrogen and oxygen atoms in total. The van der Waals surface area contributed by atoms with E-state index in [4.69, 9.17) is 5.73 Å². The minimum absolute atomic E-state index is 0.476. The summed E-state index contributed by atoms with van der Waals surface area (Å²) in [5.74, 6) is 0. The van der Waals surface area contributed by atoms with Gasteiger partial charge in [-0.15, -0.1) is 0 Å². The molecule has 2 fully saturated rings. The molecule has 0 spiro atoms. The maximum atomic E-state index is 6.05. The Kier molecular flexibility index (Phi) is 2.14. The first kappa shape index (κ1) is 7.56. The van der Waals surface area contributed by atoms with Crippen molar-refractivity contribution >= 4 is 0 Å². The fraction of sp³-hybridized carbons (Fsp3) is 1.00. The van der Waals surface area contributed by atoms with E-state index < -0.39 is 0 Å². The first-order chi connectivity index (χ1) is 5.38. The summed E-state index contributed by atoms with van der Waals surface area (Å²) >= 11 is 0. The zero-order valence-corrected chi connectivity index (χ0v) is 7.13. The molecule has 0 aromatic heterocycles. The van der Waals surface area contributed by atoms with Crippen LogP contribution in [0.25, 0.3) is 0 Å². The molecular formula is C9H18N2. The SMILES string of the molecule is NC1CCCCC1N1CCC1. The Hall–Kier alpha value is -0.0800. The van der Waals surface area contributed by atoms with Crippen molar-refractivity contribution in [3.63, 3.8) is 0 Å². The Bertz CT molecular complexity index is 130. The number of hydrogen-bond acceptors (Lipinski definition) is 2. The summed E-state index contributed by atoms with van der Waals surface area (Å²) in [5, 5.41) is 0. The van der Waals surface area contributed by atoms with Gasteiger partial charge in [0.2, 0.25) is 0 Å². The smallest absolute Gasteiger partial charge is 0.0247 e. The van der Waals surface area contributed by atoms with Crippen LogP contribution in [0.1, 0.15) is 32.1 Å². The van der Waals surface area contributed by atoms with Crippen LogP contribution in [-0.2, 0) is 0 Å². The van der Waals surface area contributed by atoms with E-state index in [1.54, 1.807) is 0 Å². The number of likely N-dealkylation sites (tertiary alicyclic amines) is 1. The van der Waals surface area contributed by atoms with Crippen molar-refractivity contribution in [3.05, 3.63) is 0 Å². The monoisotopic (exact) mass is 154 g/mol. The maximum absolute atomic E-state index is 6.05. The lowest BCUT2D eigenvalue weighted by Crippen LogP contribution is -2.54. The summed E-state index contributed by atoms with van der Waals surface area (Å²) < 4.78 is 0. The topological polar surface area (TPSA) is 29.3 Å². The van der Waals surface area contributed by atoms with Gasteiger partial charge in [0.1, 0.15) is 0 Å². The van der Waals surface area contributed by atoms with Gasteiger partial charge in [0.15, 0.2) is 0 Å². The molecule has 0 radical (unpaired) electrons. The molecule has 0 bridgehead atoms. The number of rotatable bonds is 1. The maximum Gasteiger partial charge on any atom is 0.0247 e. The summed E-state index contributed by atoms with van der Waals surface area (Å²) in [7, 11) is 0. The quantitative estimate of drug-likeness (QED) is 0.609. The van der Waals surface area contributed by atoms with Crippen LogP contribution in [0.5, 0.6) is 0 Å². The molecule has 1 aliphatic heterocycles. The Morgan fingerprint density at radius 3 is 2.27 bits per heavy atom. The van der Waals surface area contributed by atoms with Gasteiger partial charge in [0.25, 0.3) is 0 Å². The van der Waals surface area contributed by atoms with Gasteiger partial charge in [0, 0.05) is 12.1 Å². The molecular weight excluding hydrogens is 136 g/mol. The lowest BCUT2D eigenvalue weighted by Gasteiger charge is -2.43. The highest BCUT2D eigenvalue weighted by Crippen LogP contribution is 2.24. The zero-order chi connectivity index (χ0) is 7.68. The molecule has 1 saturated heterocycles. The normalized spacial score (nSPS) is 40.1. The number of nitrogens with two attached hydrogens (primary N) is 1. The molecule has 2 heteroatoms. The third-order valence-corrected chi connectivity index (χ3v) is 3.14. The Balaban J connectivity index is 1.88. The highest BCUT2D eigenvalue weighted by molar-refractivity contribution is 4.88. The molecule has 1 saturated carbocycles. The van der Waals surface area contributed by atoms with E-state index in [-0.39, 0.29) is 0 Å². The Morgan fingerprint density at radius 2 is 1.73 bits per heavy atom. The molecule has 2 rings (SSSR count). The summed E-state index contributed by atoms with van der Waals surface area (Å²) in [6, 6.07) is 1.21. The van der Waals surface area contributed by atoms with Crippen LogP contribution in [0.15, 0.2) is 0 Å². The Morgan fingerprint density at radius 1 is 1.00 bits per heavy atom. The van der Waals surface area contributed by atoms with E-state index in [1.165, 1.54) is 45.2 Å². The standard InChI is InChI=1S/C9H18N2/c10-8-4-1-2-5-9(8)11-6-3-7-11/h8-9H,1-7,10H2. The molecule has 2 aliphatic rings. The molecule has 1 aliphatic carbocycles. The van der Waals surface area contributed by atoms with Crippen molar-refractivity contribution in [2.45, 2.75) is 44.2 Å². The molecule has 0 amide bonds. The highest BCUT2D eigenvalue weighted by Gasteiger charge is 2.30. The van der Waals surface area contributed by atoms with E-state index in [0.717, 1.165) is 6.04 Å². The van der Waals surface area contributed by atoms with Crippen molar-refractivity contribution < 1.29 is 0 Å². The first-order valence-electron chi connectivity index (χ1n) is 4.87. The zero-order valence-electron chi connectivity index (χ0n) is 7.13. The van der Waals surface area contributed by atoms with Gasteiger partial charge in [-0.1, -0.05) is 12.8 Å². The fourth-order valence-electron chi connectivity index (χ4n) is 2.27. The minimum atomic E-state index is 0.476. The highest BCUT2D eigenvalue weighted by atomic mass is 15.2. The van der Waals surface area contributed by atoms with E-state index in [2.05, 4.69) is 4.90 Å². The molecule has 64 valence electrons. The second-order valence-electron chi connectivity index (χ2n) is 3.91. The molecule has 2 atom stereocenters. The van der Waals surface area contributed by atoms with Crippen LogP contribution >= 0.6 is 0 Å². The Labute approximate surface area is 68.7 Å². The van der Waals surface area contributed by atoms with Crippen molar-refractivity contribution in [2.24, 2.45) is 5.73 Å². The lowest BCUT2D eigenvalue weighted by atomic mass is 9.88. The third kappa shape index (κ3) is 1.42. The summed E-state index contributed by atoms with van der Waals surface area (Å²) in [4.78, 5) is 2.56. The van der Waals surface area contributed by atoms with Crippen molar-refractivity contribution in [1.29, 1.82) is 0 Å². The van der Waals surface area contributed by atoms with E-state index in [1.807, 2.05) is 0 Å². The molecule has 0 aromatic rings. The average Bonchev–Trinajstić information content (AvgIpc) is 1.90. The summed E-state index contributed by atoms with van der Waals surface area (Å²) in [6.45, 7) is 2.61. The van der Waals surface area contributed by atoms with Crippen molar-refractivity contribution in [2.75, 3.05) is 13.1 Å². The van der Waals surface area contributed by atoms with Crippen LogP contribution in [-0.4, -0.2) is 30.1 Å². The van der Waals surface area contributed by atoms with E-state index >= 15 is 0 Å². The molecule has 1 heterocycles. The minimum Gasteiger partial charge on any atom is -0.326 e. The van der Waals surface area contributed by atoms with Crippen LogP contribution < -0.4 is 5.73 Å². The summed E-state index contributed by atoms with van der Waals surface area (Å²) in [6.07, 6.45) is 6.74. The van der Waals surface area contributed by atoms with Crippen molar-refractivity contribution in [1.82, 2.24) is 4.90 Å². The van der Waals surface area contributed by atoms with Crippen LogP contribution in [0.4, 0.5) is 0 Å². The number of nitrogens with zero attached hydrogens (tertiary/aromatic N) is 1. The van der Waals surface area contributed by atoms with Gasteiger partial charge in [-0.05, 0) is 32.4 Å². The predicted molar refractivity (Wildman–Crippen MR) is 46.4 cm³/mol. The largest absolute Gasteiger partial charge is 0.326 e. The van der Waals surface area contributed by atoms with Gasteiger partial charge in [-0.2, -0.15) is 0 Å². The summed E-state index contributed by atoms with van der Waals surface area (Å²) in [5.41, 5.74) is 6.05. The van der Waals surface area contributed by atoms with Gasteiger partial charge in [-0.3, -0.25) is 4.90 Å². The van der Waals surface area contributed by atoms with E-state index in [9.17, 15) is 0 Å². The van der Waals surface area contributed by atoms with E-state index in [0.29, 0.717) is 6.04 Å². The van der Waals surface area contributed by atoms with Crippen LogP contribution in [0.2, 0.25) is 0 Å². The fourth-order valence-corrected chi connectivity index (χ4v) is 2.27. The van der Waals surface area contributed by atoms with Gasteiger partial charge < -0.3 is 5.73 Å². The second-order valence-corrected chi connectivity index (χ2v) is 3.91. The molecule has 2 N–H and O–H groups in total. The van der Waals surface area contributed by atoms with Gasteiger partial charge >= 0.3 is 0 Å². The van der Waals surface area contributed by atoms with Gasteiger partial charge in [-0.25, -0.2) is 0 Å². The van der Waals surface area contributed by atoms with Gasteiger partial charge in [0.05, 0.1) is 0 Å². The predicted octanol–water partition coefficient (Wildman–Crippen LogP) is 0.962. The second kappa shape index (κ2) is 3.11. The number of hydrogen-bond donors (Lipinski definition) is 1. The first-order valence-corrected chi connectivity index (χ1v) is 4.87. The van der Waals surface area contributed by atoms with Crippen LogP contribution in [0.3, 0.4) is 0 Å². The third-order valence-electron chi connectivity index (χ3n) is 3.14.